The van der Waals surface area contributed by atoms with Crippen molar-refractivity contribution < 1.29 is 9.13 Å². The second-order valence-electron chi connectivity index (χ2n) is 7.44. The lowest BCUT2D eigenvalue weighted by Gasteiger charge is -2.37. The largest absolute Gasteiger partial charge is 0.368 e. The molecule has 0 amide bonds. The van der Waals surface area contributed by atoms with Crippen LogP contribution in [0.2, 0.25) is 0 Å². The third-order valence-electron chi connectivity index (χ3n) is 4.20. The smallest absolute Gasteiger partial charge is 0.141 e. The van der Waals surface area contributed by atoms with Crippen LogP contribution in [0.15, 0.2) is 30.6 Å². The van der Waals surface area contributed by atoms with Crippen LogP contribution in [0.3, 0.4) is 0 Å². The van der Waals surface area contributed by atoms with E-state index in [1.54, 1.807) is 18.5 Å². The Morgan fingerprint density at radius 3 is 2.58 bits per heavy atom. The summed E-state index contributed by atoms with van der Waals surface area (Å²) in [6.07, 6.45) is 1.67. The number of hydrogen-bond donors (Lipinski definition) is 0. The molecule has 130 valence electrons. The zero-order valence-electron chi connectivity index (χ0n) is 14.7. The first-order chi connectivity index (χ1) is 11.3. The number of halogens is 1. The number of ether oxygens (including phenoxy) is 1. The van der Waals surface area contributed by atoms with Crippen LogP contribution in [0, 0.1) is 5.82 Å². The van der Waals surface area contributed by atoms with E-state index in [9.17, 15) is 4.39 Å². The fourth-order valence-corrected chi connectivity index (χ4v) is 3.16. The van der Waals surface area contributed by atoms with Crippen molar-refractivity contribution in [3.63, 3.8) is 0 Å². The van der Waals surface area contributed by atoms with Gasteiger partial charge < -0.3 is 4.74 Å². The summed E-state index contributed by atoms with van der Waals surface area (Å²) in [6.45, 7) is 10.7. The molecule has 0 radical (unpaired) electrons. The third kappa shape index (κ3) is 3.82. The SMILES string of the molecule is C[C@H]1CN(Cc2ncnn2C(C)(C)C)C[C@@H](c2ccc(F)cc2)O1. The molecule has 6 heteroatoms. The van der Waals surface area contributed by atoms with Gasteiger partial charge in [0.2, 0.25) is 0 Å². The van der Waals surface area contributed by atoms with Crippen molar-refractivity contribution in [3.8, 4) is 0 Å². The van der Waals surface area contributed by atoms with E-state index in [1.807, 2.05) is 4.68 Å². The lowest BCUT2D eigenvalue weighted by molar-refractivity contribution is -0.0824. The molecule has 0 unspecified atom stereocenters. The molecule has 2 atom stereocenters. The highest BCUT2D eigenvalue weighted by Crippen LogP contribution is 2.26. The summed E-state index contributed by atoms with van der Waals surface area (Å²) >= 11 is 0. The average Bonchev–Trinajstić information content (AvgIpc) is 2.95. The molecule has 24 heavy (non-hydrogen) atoms. The fraction of sp³-hybridized carbons (Fsp3) is 0.556. The van der Waals surface area contributed by atoms with Crippen molar-refractivity contribution in [2.75, 3.05) is 13.1 Å². The summed E-state index contributed by atoms with van der Waals surface area (Å²) in [5, 5.41) is 4.36. The van der Waals surface area contributed by atoms with Gasteiger partial charge in [-0.1, -0.05) is 12.1 Å². The van der Waals surface area contributed by atoms with Crippen molar-refractivity contribution in [1.29, 1.82) is 0 Å². The molecule has 0 saturated carbocycles. The Balaban J connectivity index is 1.75. The topological polar surface area (TPSA) is 43.2 Å². The number of benzene rings is 1. The molecule has 2 heterocycles. The van der Waals surface area contributed by atoms with Crippen molar-refractivity contribution in [3.05, 3.63) is 47.8 Å². The maximum atomic E-state index is 13.1. The zero-order chi connectivity index (χ0) is 17.3. The van der Waals surface area contributed by atoms with E-state index in [-0.39, 0.29) is 23.6 Å². The average molecular weight is 332 g/mol. The molecule has 0 aliphatic carbocycles. The van der Waals surface area contributed by atoms with Gasteiger partial charge in [-0.2, -0.15) is 5.10 Å². The van der Waals surface area contributed by atoms with Crippen molar-refractivity contribution in [2.45, 2.75) is 52.0 Å². The summed E-state index contributed by atoms with van der Waals surface area (Å²) in [4.78, 5) is 6.76. The van der Waals surface area contributed by atoms with Crippen LogP contribution >= 0.6 is 0 Å². The van der Waals surface area contributed by atoms with E-state index < -0.39 is 0 Å². The Kier molecular flexibility index (Phi) is 4.69. The summed E-state index contributed by atoms with van der Waals surface area (Å²) in [5.41, 5.74) is 0.908. The quantitative estimate of drug-likeness (QED) is 0.866. The van der Waals surface area contributed by atoms with Crippen molar-refractivity contribution in [1.82, 2.24) is 19.7 Å². The molecule has 1 saturated heterocycles. The lowest BCUT2D eigenvalue weighted by atomic mass is 10.1. The Bertz CT molecular complexity index is 677. The molecule has 0 bridgehead atoms. The van der Waals surface area contributed by atoms with Crippen LogP contribution in [0.1, 0.15) is 45.2 Å². The Labute approximate surface area is 142 Å². The molecule has 3 rings (SSSR count). The van der Waals surface area contributed by atoms with Gasteiger partial charge in [-0.25, -0.2) is 14.1 Å². The standard InChI is InChI=1S/C18H25FN4O/c1-13-9-22(11-17-20-12-21-23(17)18(2,3)4)10-16(24-13)14-5-7-15(19)8-6-14/h5-8,12-13,16H,9-11H2,1-4H3/t13-,16-/m0/s1. The van der Waals surface area contributed by atoms with Gasteiger partial charge in [0.1, 0.15) is 18.0 Å². The monoisotopic (exact) mass is 332 g/mol. The Hall–Kier alpha value is -1.79. The molecule has 0 spiro atoms. The zero-order valence-corrected chi connectivity index (χ0v) is 14.7. The summed E-state index contributed by atoms with van der Waals surface area (Å²) < 4.78 is 21.2. The number of nitrogens with zero attached hydrogens (tertiary/aromatic N) is 4. The van der Waals surface area contributed by atoms with Crippen LogP contribution in [0.5, 0.6) is 0 Å². The van der Waals surface area contributed by atoms with Crippen LogP contribution in [0.25, 0.3) is 0 Å². The number of hydrogen-bond acceptors (Lipinski definition) is 4. The second-order valence-corrected chi connectivity index (χ2v) is 7.44. The minimum absolute atomic E-state index is 0.0552. The van der Waals surface area contributed by atoms with E-state index >= 15 is 0 Å². The normalized spacial score (nSPS) is 22.7. The summed E-state index contributed by atoms with van der Waals surface area (Å²) in [5.74, 6) is 0.729. The van der Waals surface area contributed by atoms with Gasteiger partial charge in [-0.15, -0.1) is 0 Å². The van der Waals surface area contributed by atoms with Crippen LogP contribution in [-0.4, -0.2) is 38.9 Å². The molecule has 2 aromatic rings. The molecule has 0 N–H and O–H groups in total. The van der Waals surface area contributed by atoms with Crippen molar-refractivity contribution >= 4 is 0 Å². The van der Waals surface area contributed by atoms with Gasteiger partial charge in [0.25, 0.3) is 0 Å². The molecule has 5 nitrogen and oxygen atoms in total. The van der Waals surface area contributed by atoms with E-state index in [0.29, 0.717) is 0 Å². The van der Waals surface area contributed by atoms with Gasteiger partial charge in [-0.05, 0) is 45.4 Å². The van der Waals surface area contributed by atoms with Crippen LogP contribution in [-0.2, 0) is 16.8 Å². The van der Waals surface area contributed by atoms with Gasteiger partial charge in [-0.3, -0.25) is 4.90 Å². The fourth-order valence-electron chi connectivity index (χ4n) is 3.16. The first-order valence-corrected chi connectivity index (χ1v) is 8.35. The lowest BCUT2D eigenvalue weighted by Crippen LogP contribution is -2.43. The maximum absolute atomic E-state index is 13.1. The predicted octanol–water partition coefficient (Wildman–Crippen LogP) is 3.13. The summed E-state index contributed by atoms with van der Waals surface area (Å²) in [7, 11) is 0. The van der Waals surface area contributed by atoms with Gasteiger partial charge in [0, 0.05) is 13.1 Å². The third-order valence-corrected chi connectivity index (χ3v) is 4.20. The molecule has 1 aromatic heterocycles. The van der Waals surface area contributed by atoms with E-state index in [0.717, 1.165) is 31.0 Å². The molecule has 1 fully saturated rings. The van der Waals surface area contributed by atoms with Crippen LogP contribution in [0.4, 0.5) is 4.39 Å². The van der Waals surface area contributed by atoms with E-state index in [4.69, 9.17) is 4.74 Å². The Morgan fingerprint density at radius 2 is 1.92 bits per heavy atom. The molecular weight excluding hydrogens is 307 g/mol. The molecule has 1 aliphatic heterocycles. The summed E-state index contributed by atoms with van der Waals surface area (Å²) in [6, 6.07) is 6.57. The van der Waals surface area contributed by atoms with E-state index in [1.165, 1.54) is 12.1 Å². The highest BCUT2D eigenvalue weighted by Gasteiger charge is 2.28. The maximum Gasteiger partial charge on any atom is 0.141 e. The highest BCUT2D eigenvalue weighted by molar-refractivity contribution is 5.19. The molecular formula is C18H25FN4O. The van der Waals surface area contributed by atoms with Crippen LogP contribution < -0.4 is 0 Å². The van der Waals surface area contributed by atoms with Gasteiger partial charge in [0.15, 0.2) is 0 Å². The van der Waals surface area contributed by atoms with Gasteiger partial charge >= 0.3 is 0 Å². The van der Waals surface area contributed by atoms with Gasteiger partial charge in [0.05, 0.1) is 24.3 Å². The van der Waals surface area contributed by atoms with Crippen molar-refractivity contribution in [2.24, 2.45) is 0 Å². The van der Waals surface area contributed by atoms with E-state index in [2.05, 4.69) is 42.7 Å². The predicted molar refractivity (Wildman–Crippen MR) is 90.0 cm³/mol. The minimum atomic E-state index is -0.224. The highest BCUT2D eigenvalue weighted by atomic mass is 19.1. The second kappa shape index (κ2) is 6.61. The number of rotatable bonds is 3. The number of aromatic nitrogens is 3. The molecule has 1 aliphatic rings. The minimum Gasteiger partial charge on any atom is -0.368 e. The number of morpholine rings is 1. The first-order valence-electron chi connectivity index (χ1n) is 8.35. The molecule has 1 aromatic carbocycles. The Morgan fingerprint density at radius 1 is 1.21 bits per heavy atom. The first kappa shape index (κ1) is 17.0.